The molecule has 1 aliphatic heterocycles. The molecule has 102 valence electrons. The van der Waals surface area contributed by atoms with Crippen molar-refractivity contribution in [2.24, 2.45) is 5.92 Å². The molecule has 1 fully saturated rings. The van der Waals surface area contributed by atoms with E-state index in [2.05, 4.69) is 17.6 Å². The van der Waals surface area contributed by atoms with Crippen LogP contribution < -0.4 is 10.6 Å². The molecule has 2 nitrogen and oxygen atoms in total. The van der Waals surface area contributed by atoms with Crippen molar-refractivity contribution < 1.29 is 13.2 Å². The zero-order valence-electron chi connectivity index (χ0n) is 10.4. The predicted molar refractivity (Wildman–Crippen MR) is 63.0 cm³/mol. The van der Waals surface area contributed by atoms with Crippen LogP contribution in [0, 0.1) is 5.92 Å². The van der Waals surface area contributed by atoms with Gasteiger partial charge in [0, 0.05) is 19.0 Å². The second-order valence-electron chi connectivity index (χ2n) is 4.87. The number of alkyl halides is 3. The largest absolute Gasteiger partial charge is 0.389 e. The van der Waals surface area contributed by atoms with E-state index in [1.54, 1.807) is 0 Å². The van der Waals surface area contributed by atoms with E-state index in [1.165, 1.54) is 12.8 Å². The summed E-state index contributed by atoms with van der Waals surface area (Å²) < 4.78 is 35.7. The molecule has 1 rings (SSSR count). The van der Waals surface area contributed by atoms with Crippen LogP contribution in [-0.2, 0) is 0 Å². The topological polar surface area (TPSA) is 24.1 Å². The summed E-state index contributed by atoms with van der Waals surface area (Å²) in [6.45, 7) is 4.47. The average Bonchev–Trinajstić information content (AvgIpc) is 2.27. The SMILES string of the molecule is CCC1CCNC(CNCCCC(F)(F)F)C1. The molecule has 0 radical (unpaired) electrons. The molecule has 0 amide bonds. The molecule has 1 saturated heterocycles. The third-order valence-corrected chi connectivity index (χ3v) is 3.39. The van der Waals surface area contributed by atoms with Gasteiger partial charge in [0.1, 0.15) is 0 Å². The molecule has 0 aromatic carbocycles. The fourth-order valence-corrected chi connectivity index (χ4v) is 2.31. The van der Waals surface area contributed by atoms with Gasteiger partial charge in [-0.05, 0) is 38.3 Å². The van der Waals surface area contributed by atoms with Crippen LogP contribution in [0.1, 0.15) is 39.0 Å². The van der Waals surface area contributed by atoms with Gasteiger partial charge in [-0.1, -0.05) is 13.3 Å². The summed E-state index contributed by atoms with van der Waals surface area (Å²) in [5.74, 6) is 0.776. The van der Waals surface area contributed by atoms with Crippen molar-refractivity contribution >= 4 is 0 Å². The molecule has 0 saturated carbocycles. The third kappa shape index (κ3) is 6.88. The molecule has 0 aliphatic carbocycles. The molecule has 2 unspecified atom stereocenters. The number of halogens is 3. The maximum absolute atomic E-state index is 11.9. The summed E-state index contributed by atoms with van der Waals surface area (Å²) in [6.07, 6.45) is -0.961. The fourth-order valence-electron chi connectivity index (χ4n) is 2.31. The van der Waals surface area contributed by atoms with Gasteiger partial charge < -0.3 is 10.6 Å². The maximum Gasteiger partial charge on any atom is 0.389 e. The molecule has 1 aliphatic rings. The van der Waals surface area contributed by atoms with Crippen LogP contribution in [0.4, 0.5) is 13.2 Å². The Morgan fingerprint density at radius 3 is 2.76 bits per heavy atom. The molecule has 0 bridgehead atoms. The second kappa shape index (κ2) is 7.21. The number of rotatable bonds is 6. The minimum absolute atomic E-state index is 0.174. The van der Waals surface area contributed by atoms with Crippen LogP contribution >= 0.6 is 0 Å². The highest BCUT2D eigenvalue weighted by atomic mass is 19.4. The number of hydrogen-bond acceptors (Lipinski definition) is 2. The summed E-state index contributed by atoms with van der Waals surface area (Å²) in [5.41, 5.74) is 0. The second-order valence-corrected chi connectivity index (χ2v) is 4.87. The standard InChI is InChI=1S/C12H23F3N2/c1-2-10-4-7-17-11(8-10)9-16-6-3-5-12(13,14)15/h10-11,16-17H,2-9H2,1H3. The smallest absolute Gasteiger partial charge is 0.315 e. The minimum Gasteiger partial charge on any atom is -0.315 e. The first kappa shape index (κ1) is 14.8. The zero-order chi connectivity index (χ0) is 12.7. The van der Waals surface area contributed by atoms with E-state index in [0.29, 0.717) is 12.6 Å². The molecule has 5 heteroatoms. The van der Waals surface area contributed by atoms with Gasteiger partial charge in [-0.15, -0.1) is 0 Å². The van der Waals surface area contributed by atoms with Gasteiger partial charge in [0.05, 0.1) is 0 Å². The van der Waals surface area contributed by atoms with Gasteiger partial charge >= 0.3 is 6.18 Å². The molecule has 2 N–H and O–H groups in total. The first-order valence-electron chi connectivity index (χ1n) is 6.52. The highest BCUT2D eigenvalue weighted by Crippen LogP contribution is 2.21. The quantitative estimate of drug-likeness (QED) is 0.710. The lowest BCUT2D eigenvalue weighted by Crippen LogP contribution is -2.44. The fraction of sp³-hybridized carbons (Fsp3) is 1.00. The van der Waals surface area contributed by atoms with Crippen molar-refractivity contribution in [2.45, 2.75) is 51.2 Å². The van der Waals surface area contributed by atoms with E-state index in [4.69, 9.17) is 0 Å². The molecule has 1 heterocycles. The van der Waals surface area contributed by atoms with Crippen LogP contribution in [0.25, 0.3) is 0 Å². The first-order valence-corrected chi connectivity index (χ1v) is 6.52. The normalized spacial score (nSPS) is 26.1. The Hall–Kier alpha value is -0.290. The zero-order valence-corrected chi connectivity index (χ0v) is 10.4. The Bertz CT molecular complexity index is 206. The van der Waals surface area contributed by atoms with Gasteiger partial charge in [-0.25, -0.2) is 0 Å². The minimum atomic E-state index is -4.02. The van der Waals surface area contributed by atoms with Gasteiger partial charge in [0.2, 0.25) is 0 Å². The highest BCUT2D eigenvalue weighted by Gasteiger charge is 2.26. The van der Waals surface area contributed by atoms with Gasteiger partial charge in [-0.2, -0.15) is 13.2 Å². The monoisotopic (exact) mass is 252 g/mol. The van der Waals surface area contributed by atoms with E-state index < -0.39 is 12.6 Å². The number of piperidine rings is 1. The predicted octanol–water partition coefficient (Wildman–Crippen LogP) is 2.70. The first-order chi connectivity index (χ1) is 8.01. The van der Waals surface area contributed by atoms with Crippen molar-refractivity contribution in [3.63, 3.8) is 0 Å². The van der Waals surface area contributed by atoms with Crippen molar-refractivity contribution in [1.82, 2.24) is 10.6 Å². The van der Waals surface area contributed by atoms with E-state index in [-0.39, 0.29) is 6.42 Å². The Balaban J connectivity index is 2.02. The summed E-state index contributed by atoms with van der Waals surface area (Å²) in [4.78, 5) is 0. The lowest BCUT2D eigenvalue weighted by molar-refractivity contribution is -0.135. The van der Waals surface area contributed by atoms with Crippen molar-refractivity contribution in [3.8, 4) is 0 Å². The number of hydrogen-bond donors (Lipinski definition) is 2. The summed E-state index contributed by atoms with van der Waals surface area (Å²) in [5, 5.41) is 6.52. The van der Waals surface area contributed by atoms with Gasteiger partial charge in [0.15, 0.2) is 0 Å². The lowest BCUT2D eigenvalue weighted by Gasteiger charge is -2.30. The molecule has 2 atom stereocenters. The lowest BCUT2D eigenvalue weighted by atomic mass is 9.90. The molecule has 17 heavy (non-hydrogen) atoms. The maximum atomic E-state index is 11.9. The third-order valence-electron chi connectivity index (χ3n) is 3.39. The van der Waals surface area contributed by atoms with E-state index in [9.17, 15) is 13.2 Å². The van der Waals surface area contributed by atoms with Crippen LogP contribution in [0.3, 0.4) is 0 Å². The Kier molecular flexibility index (Phi) is 6.27. The summed E-state index contributed by atoms with van der Waals surface area (Å²) in [6, 6.07) is 0.430. The molecule has 0 spiro atoms. The van der Waals surface area contributed by atoms with Crippen LogP contribution in [0.15, 0.2) is 0 Å². The van der Waals surface area contributed by atoms with Gasteiger partial charge in [-0.3, -0.25) is 0 Å². The van der Waals surface area contributed by atoms with Crippen molar-refractivity contribution in [1.29, 1.82) is 0 Å². The Morgan fingerprint density at radius 1 is 1.35 bits per heavy atom. The average molecular weight is 252 g/mol. The highest BCUT2D eigenvalue weighted by molar-refractivity contribution is 4.79. The molecular weight excluding hydrogens is 229 g/mol. The van der Waals surface area contributed by atoms with E-state index in [0.717, 1.165) is 25.4 Å². The van der Waals surface area contributed by atoms with E-state index >= 15 is 0 Å². The Labute approximate surface area is 101 Å². The molecular formula is C12H23F3N2. The Morgan fingerprint density at radius 2 is 2.12 bits per heavy atom. The van der Waals surface area contributed by atoms with Crippen LogP contribution in [-0.4, -0.2) is 31.9 Å². The summed E-state index contributed by atoms with van der Waals surface area (Å²) >= 11 is 0. The van der Waals surface area contributed by atoms with Crippen molar-refractivity contribution in [2.75, 3.05) is 19.6 Å². The van der Waals surface area contributed by atoms with E-state index in [1.807, 2.05) is 0 Å². The molecule has 0 aromatic heterocycles. The van der Waals surface area contributed by atoms with Crippen LogP contribution in [0.5, 0.6) is 0 Å². The van der Waals surface area contributed by atoms with Crippen molar-refractivity contribution in [3.05, 3.63) is 0 Å². The molecule has 0 aromatic rings. The van der Waals surface area contributed by atoms with Crippen LogP contribution in [0.2, 0.25) is 0 Å². The number of nitrogens with one attached hydrogen (secondary N) is 2. The van der Waals surface area contributed by atoms with Gasteiger partial charge in [0.25, 0.3) is 0 Å². The summed E-state index contributed by atoms with van der Waals surface area (Å²) in [7, 11) is 0.